The SMILES string of the molecule is CCCCCC(=O)OC1CCC(OC(=O)CCCCC)CC1. The van der Waals surface area contributed by atoms with Crippen LogP contribution in [0.2, 0.25) is 0 Å². The largest absolute Gasteiger partial charge is 0.462 e. The van der Waals surface area contributed by atoms with Crippen molar-refractivity contribution in [1.82, 2.24) is 0 Å². The molecule has 1 aliphatic carbocycles. The molecule has 1 aliphatic rings. The average molecular weight is 312 g/mol. The zero-order chi connectivity index (χ0) is 16.2. The molecule has 1 rings (SSSR count). The molecule has 1 saturated carbocycles. The van der Waals surface area contributed by atoms with Crippen molar-refractivity contribution in [2.75, 3.05) is 0 Å². The molecule has 0 atom stereocenters. The smallest absolute Gasteiger partial charge is 0.306 e. The number of rotatable bonds is 10. The Morgan fingerprint density at radius 3 is 1.41 bits per heavy atom. The molecule has 0 saturated heterocycles. The summed E-state index contributed by atoms with van der Waals surface area (Å²) in [6.07, 6.45) is 10.6. The van der Waals surface area contributed by atoms with Gasteiger partial charge in [-0.3, -0.25) is 9.59 Å². The van der Waals surface area contributed by atoms with Crippen molar-refractivity contribution in [3.8, 4) is 0 Å². The van der Waals surface area contributed by atoms with E-state index in [0.717, 1.165) is 64.2 Å². The number of hydrogen-bond acceptors (Lipinski definition) is 4. The van der Waals surface area contributed by atoms with Gasteiger partial charge < -0.3 is 9.47 Å². The van der Waals surface area contributed by atoms with Crippen LogP contribution in [0.3, 0.4) is 0 Å². The lowest BCUT2D eigenvalue weighted by Gasteiger charge is -2.28. The molecule has 0 spiro atoms. The van der Waals surface area contributed by atoms with Gasteiger partial charge in [-0.15, -0.1) is 0 Å². The van der Waals surface area contributed by atoms with Crippen molar-refractivity contribution in [1.29, 1.82) is 0 Å². The molecule has 4 heteroatoms. The van der Waals surface area contributed by atoms with Crippen LogP contribution in [-0.4, -0.2) is 24.1 Å². The normalized spacial score (nSPS) is 21.4. The molecule has 0 aromatic rings. The van der Waals surface area contributed by atoms with Crippen LogP contribution in [-0.2, 0) is 19.1 Å². The van der Waals surface area contributed by atoms with Crippen molar-refractivity contribution in [3.05, 3.63) is 0 Å². The highest BCUT2D eigenvalue weighted by Crippen LogP contribution is 2.24. The van der Waals surface area contributed by atoms with Crippen molar-refractivity contribution >= 4 is 11.9 Å². The van der Waals surface area contributed by atoms with Gasteiger partial charge in [-0.1, -0.05) is 39.5 Å². The van der Waals surface area contributed by atoms with Gasteiger partial charge in [0.2, 0.25) is 0 Å². The topological polar surface area (TPSA) is 52.6 Å². The molecule has 22 heavy (non-hydrogen) atoms. The number of hydrogen-bond donors (Lipinski definition) is 0. The maximum absolute atomic E-state index is 11.7. The van der Waals surface area contributed by atoms with E-state index in [9.17, 15) is 9.59 Å². The highest BCUT2D eigenvalue weighted by Gasteiger charge is 2.25. The standard InChI is InChI=1S/C18H32O4/c1-3-5-7-9-17(19)21-15-11-13-16(14-12-15)22-18(20)10-8-6-4-2/h15-16H,3-14H2,1-2H3. The highest BCUT2D eigenvalue weighted by atomic mass is 16.6. The molecular weight excluding hydrogens is 280 g/mol. The summed E-state index contributed by atoms with van der Waals surface area (Å²) in [5.74, 6) is -0.151. The fraction of sp³-hybridized carbons (Fsp3) is 0.889. The fourth-order valence-electron chi connectivity index (χ4n) is 2.80. The van der Waals surface area contributed by atoms with Crippen LogP contribution in [0, 0.1) is 0 Å². The lowest BCUT2D eigenvalue weighted by atomic mass is 9.95. The van der Waals surface area contributed by atoms with Crippen LogP contribution < -0.4 is 0 Å². The van der Waals surface area contributed by atoms with Gasteiger partial charge in [0.05, 0.1) is 0 Å². The maximum atomic E-state index is 11.7. The Labute approximate surface area is 134 Å². The third-order valence-corrected chi connectivity index (χ3v) is 4.19. The molecular formula is C18H32O4. The van der Waals surface area contributed by atoms with Crippen molar-refractivity contribution in [3.63, 3.8) is 0 Å². The minimum Gasteiger partial charge on any atom is -0.462 e. The Kier molecular flexibility index (Phi) is 9.93. The molecule has 4 nitrogen and oxygen atoms in total. The Bertz CT molecular complexity index is 287. The van der Waals surface area contributed by atoms with Gasteiger partial charge >= 0.3 is 11.9 Å². The Morgan fingerprint density at radius 2 is 1.09 bits per heavy atom. The molecule has 0 aromatic carbocycles. The molecule has 0 bridgehead atoms. The van der Waals surface area contributed by atoms with Crippen LogP contribution >= 0.6 is 0 Å². The van der Waals surface area contributed by atoms with Crippen LogP contribution in [0.15, 0.2) is 0 Å². The van der Waals surface area contributed by atoms with Crippen molar-refractivity contribution in [2.24, 2.45) is 0 Å². The number of unbranched alkanes of at least 4 members (excludes halogenated alkanes) is 4. The lowest BCUT2D eigenvalue weighted by Crippen LogP contribution is -2.29. The summed E-state index contributed by atoms with van der Waals surface area (Å²) in [6.45, 7) is 4.24. The van der Waals surface area contributed by atoms with E-state index in [1.807, 2.05) is 0 Å². The summed E-state index contributed by atoms with van der Waals surface area (Å²) in [6, 6.07) is 0. The van der Waals surface area contributed by atoms with Gasteiger partial charge in [-0.2, -0.15) is 0 Å². The van der Waals surface area contributed by atoms with E-state index in [4.69, 9.17) is 9.47 Å². The predicted octanol–water partition coefficient (Wildman–Crippen LogP) is 4.54. The number of carbonyl (C=O) groups excluding carboxylic acids is 2. The second kappa shape index (κ2) is 11.5. The van der Waals surface area contributed by atoms with Crippen LogP contribution in [0.4, 0.5) is 0 Å². The first-order valence-corrected chi connectivity index (χ1v) is 9.04. The highest BCUT2D eigenvalue weighted by molar-refractivity contribution is 5.70. The van der Waals surface area contributed by atoms with Gasteiger partial charge in [-0.25, -0.2) is 0 Å². The first-order chi connectivity index (χ1) is 10.7. The van der Waals surface area contributed by atoms with Gasteiger partial charge in [0.15, 0.2) is 0 Å². The van der Waals surface area contributed by atoms with E-state index >= 15 is 0 Å². The van der Waals surface area contributed by atoms with E-state index in [1.165, 1.54) is 0 Å². The second-order valence-electron chi connectivity index (χ2n) is 6.29. The Hall–Kier alpha value is -1.06. The molecule has 128 valence electrons. The third-order valence-electron chi connectivity index (χ3n) is 4.19. The first-order valence-electron chi connectivity index (χ1n) is 9.04. The minimum atomic E-state index is -0.0755. The van der Waals surface area contributed by atoms with Crippen LogP contribution in [0.25, 0.3) is 0 Å². The van der Waals surface area contributed by atoms with Gasteiger partial charge in [0.25, 0.3) is 0 Å². The van der Waals surface area contributed by atoms with E-state index in [1.54, 1.807) is 0 Å². The molecule has 0 unspecified atom stereocenters. The molecule has 0 N–H and O–H groups in total. The summed E-state index contributed by atoms with van der Waals surface area (Å²) in [7, 11) is 0. The minimum absolute atomic E-state index is 0.0177. The molecule has 0 amide bonds. The molecule has 1 fully saturated rings. The maximum Gasteiger partial charge on any atom is 0.306 e. The fourth-order valence-corrected chi connectivity index (χ4v) is 2.80. The molecule has 0 heterocycles. The number of esters is 2. The zero-order valence-electron chi connectivity index (χ0n) is 14.3. The van der Waals surface area contributed by atoms with Crippen LogP contribution in [0.1, 0.15) is 90.9 Å². The van der Waals surface area contributed by atoms with E-state index < -0.39 is 0 Å². The van der Waals surface area contributed by atoms with Gasteiger partial charge in [-0.05, 0) is 38.5 Å². The van der Waals surface area contributed by atoms with Gasteiger partial charge in [0.1, 0.15) is 12.2 Å². The summed E-state index contributed by atoms with van der Waals surface area (Å²) in [5, 5.41) is 0. The summed E-state index contributed by atoms with van der Waals surface area (Å²) < 4.78 is 11.0. The quantitative estimate of drug-likeness (QED) is 0.439. The Morgan fingerprint density at radius 1 is 0.727 bits per heavy atom. The molecule has 0 radical (unpaired) electrons. The molecule has 0 aromatic heterocycles. The zero-order valence-corrected chi connectivity index (χ0v) is 14.3. The van der Waals surface area contributed by atoms with Crippen LogP contribution in [0.5, 0.6) is 0 Å². The first kappa shape index (κ1) is 19.0. The summed E-state index contributed by atoms with van der Waals surface area (Å²) in [4.78, 5) is 23.4. The van der Waals surface area contributed by atoms with Crippen molar-refractivity contribution in [2.45, 2.75) is 103 Å². The Balaban J connectivity index is 2.12. The molecule has 0 aliphatic heterocycles. The third kappa shape index (κ3) is 8.40. The summed E-state index contributed by atoms with van der Waals surface area (Å²) in [5.41, 5.74) is 0. The monoisotopic (exact) mass is 312 g/mol. The second-order valence-corrected chi connectivity index (χ2v) is 6.29. The average Bonchev–Trinajstić information content (AvgIpc) is 2.50. The number of carbonyl (C=O) groups is 2. The predicted molar refractivity (Wildman–Crippen MR) is 86.5 cm³/mol. The van der Waals surface area contributed by atoms with Gasteiger partial charge in [0, 0.05) is 12.8 Å². The number of ether oxygens (including phenoxy) is 2. The summed E-state index contributed by atoms with van der Waals surface area (Å²) >= 11 is 0. The van der Waals surface area contributed by atoms with E-state index in [-0.39, 0.29) is 24.1 Å². The lowest BCUT2D eigenvalue weighted by molar-refractivity contribution is -0.158. The van der Waals surface area contributed by atoms with E-state index in [0.29, 0.717) is 12.8 Å². The van der Waals surface area contributed by atoms with Crippen molar-refractivity contribution < 1.29 is 19.1 Å². The van der Waals surface area contributed by atoms with E-state index in [2.05, 4.69) is 13.8 Å².